The standard InChI is InChI=1S/C22H21BrN2O3S/c1-25(14-15-6-7-16-4-2-3-5-17(16)12-15)22(26)20-13-19(10-11-21(20)23)29(27,28)24-18-8-9-18/h2-7,10-13,18,24H,8-9,14H2,1H3. The van der Waals surface area contributed by atoms with Crippen molar-refractivity contribution in [1.82, 2.24) is 9.62 Å². The summed E-state index contributed by atoms with van der Waals surface area (Å²) in [5.74, 6) is -0.242. The maximum Gasteiger partial charge on any atom is 0.255 e. The van der Waals surface area contributed by atoms with E-state index < -0.39 is 10.0 Å². The van der Waals surface area contributed by atoms with E-state index in [4.69, 9.17) is 0 Å². The molecule has 4 rings (SSSR count). The Morgan fingerprint density at radius 3 is 2.52 bits per heavy atom. The summed E-state index contributed by atoms with van der Waals surface area (Å²) in [7, 11) is -1.90. The zero-order valence-electron chi connectivity index (χ0n) is 15.9. The molecular weight excluding hydrogens is 452 g/mol. The second kappa shape index (κ2) is 7.89. The summed E-state index contributed by atoms with van der Waals surface area (Å²) >= 11 is 3.38. The minimum absolute atomic E-state index is 0.0124. The minimum atomic E-state index is -3.62. The molecule has 0 heterocycles. The Morgan fingerprint density at radius 2 is 1.79 bits per heavy atom. The van der Waals surface area contributed by atoms with Crippen LogP contribution in [-0.4, -0.2) is 32.3 Å². The topological polar surface area (TPSA) is 66.5 Å². The molecule has 0 atom stereocenters. The zero-order valence-corrected chi connectivity index (χ0v) is 18.3. The van der Waals surface area contributed by atoms with Gasteiger partial charge >= 0.3 is 0 Å². The number of nitrogens with zero attached hydrogens (tertiary/aromatic N) is 1. The second-order valence-electron chi connectivity index (χ2n) is 7.38. The lowest BCUT2D eigenvalue weighted by atomic mass is 10.1. The quantitative estimate of drug-likeness (QED) is 0.580. The molecule has 0 spiro atoms. The Balaban J connectivity index is 1.56. The highest BCUT2D eigenvalue weighted by Crippen LogP contribution is 2.26. The third kappa shape index (κ3) is 4.52. The molecule has 29 heavy (non-hydrogen) atoms. The number of sulfonamides is 1. The largest absolute Gasteiger partial charge is 0.337 e. The Hall–Kier alpha value is -2.22. The number of benzene rings is 3. The predicted octanol–water partition coefficient (Wildman–Crippen LogP) is 4.32. The van der Waals surface area contributed by atoms with Crippen LogP contribution in [0.5, 0.6) is 0 Å². The number of carbonyl (C=O) groups excluding carboxylic acids is 1. The summed E-state index contributed by atoms with van der Waals surface area (Å²) in [6.45, 7) is 0.424. The molecular formula is C22H21BrN2O3S. The maximum absolute atomic E-state index is 13.0. The molecule has 1 saturated carbocycles. The molecule has 0 saturated heterocycles. The van der Waals surface area contributed by atoms with Crippen molar-refractivity contribution in [1.29, 1.82) is 0 Å². The number of fused-ring (bicyclic) bond motifs is 1. The van der Waals surface area contributed by atoms with Gasteiger partial charge in [-0.05, 0) is 69.4 Å². The van der Waals surface area contributed by atoms with Gasteiger partial charge in [0.15, 0.2) is 0 Å². The van der Waals surface area contributed by atoms with Crippen molar-refractivity contribution in [3.8, 4) is 0 Å². The molecule has 7 heteroatoms. The highest BCUT2D eigenvalue weighted by molar-refractivity contribution is 9.10. The van der Waals surface area contributed by atoms with Gasteiger partial charge in [-0.25, -0.2) is 13.1 Å². The Kier molecular flexibility index (Phi) is 5.46. The van der Waals surface area contributed by atoms with Crippen LogP contribution < -0.4 is 4.72 Å². The Morgan fingerprint density at radius 1 is 1.07 bits per heavy atom. The second-order valence-corrected chi connectivity index (χ2v) is 9.95. The number of hydrogen-bond acceptors (Lipinski definition) is 3. The highest BCUT2D eigenvalue weighted by Gasteiger charge is 2.29. The molecule has 0 aromatic heterocycles. The average Bonchev–Trinajstić information content (AvgIpc) is 3.51. The van der Waals surface area contributed by atoms with E-state index in [-0.39, 0.29) is 16.8 Å². The average molecular weight is 473 g/mol. The highest BCUT2D eigenvalue weighted by atomic mass is 79.9. The molecule has 0 aliphatic heterocycles. The number of halogens is 1. The third-order valence-corrected chi connectivity index (χ3v) is 7.17. The summed E-state index contributed by atoms with van der Waals surface area (Å²) in [4.78, 5) is 14.7. The van der Waals surface area contributed by atoms with Crippen LogP contribution in [0.15, 0.2) is 70.0 Å². The van der Waals surface area contributed by atoms with Crippen molar-refractivity contribution in [3.05, 3.63) is 76.3 Å². The maximum atomic E-state index is 13.0. The van der Waals surface area contributed by atoms with Crippen LogP contribution in [0.1, 0.15) is 28.8 Å². The van der Waals surface area contributed by atoms with Gasteiger partial charge in [-0.15, -0.1) is 0 Å². The van der Waals surface area contributed by atoms with Crippen LogP contribution in [0.3, 0.4) is 0 Å². The fourth-order valence-corrected chi connectivity index (χ4v) is 4.96. The molecule has 150 valence electrons. The van der Waals surface area contributed by atoms with Crippen LogP contribution in [0.25, 0.3) is 10.8 Å². The molecule has 3 aromatic carbocycles. The summed E-state index contributed by atoms with van der Waals surface area (Å²) in [5, 5.41) is 2.26. The Bertz CT molecular complexity index is 1190. The zero-order chi connectivity index (χ0) is 20.6. The van der Waals surface area contributed by atoms with Crippen LogP contribution >= 0.6 is 15.9 Å². The normalized spacial score (nSPS) is 14.1. The number of nitrogens with one attached hydrogen (secondary N) is 1. The van der Waals surface area contributed by atoms with Crippen molar-refractivity contribution >= 4 is 42.6 Å². The lowest BCUT2D eigenvalue weighted by molar-refractivity contribution is 0.0784. The monoisotopic (exact) mass is 472 g/mol. The van der Waals surface area contributed by atoms with E-state index >= 15 is 0 Å². The summed E-state index contributed by atoms with van der Waals surface area (Å²) in [6, 6.07) is 18.7. The van der Waals surface area contributed by atoms with Crippen molar-refractivity contribution in [2.45, 2.75) is 30.3 Å². The Labute approximate surface area is 178 Å². The summed E-state index contributed by atoms with van der Waals surface area (Å²) in [5.41, 5.74) is 1.34. The molecule has 1 amide bonds. The van der Waals surface area contributed by atoms with E-state index in [2.05, 4.69) is 26.7 Å². The van der Waals surface area contributed by atoms with Gasteiger partial charge in [0.25, 0.3) is 5.91 Å². The molecule has 1 aliphatic carbocycles. The van der Waals surface area contributed by atoms with E-state index in [0.717, 1.165) is 29.2 Å². The van der Waals surface area contributed by atoms with Gasteiger partial charge < -0.3 is 4.90 Å². The van der Waals surface area contributed by atoms with Gasteiger partial charge in [-0.1, -0.05) is 36.4 Å². The summed E-state index contributed by atoms with van der Waals surface area (Å²) in [6.07, 6.45) is 1.71. The van der Waals surface area contributed by atoms with Gasteiger partial charge in [0, 0.05) is 24.1 Å². The predicted molar refractivity (Wildman–Crippen MR) is 117 cm³/mol. The first kappa shape index (κ1) is 20.1. The van der Waals surface area contributed by atoms with E-state index in [0.29, 0.717) is 16.6 Å². The molecule has 0 unspecified atom stereocenters. The first-order valence-electron chi connectivity index (χ1n) is 9.38. The first-order valence-corrected chi connectivity index (χ1v) is 11.7. The number of carbonyl (C=O) groups is 1. The van der Waals surface area contributed by atoms with Gasteiger partial charge in [-0.3, -0.25) is 4.79 Å². The minimum Gasteiger partial charge on any atom is -0.337 e. The number of amides is 1. The van der Waals surface area contributed by atoms with Crippen LogP contribution in [-0.2, 0) is 16.6 Å². The van der Waals surface area contributed by atoms with Crippen LogP contribution in [0.4, 0.5) is 0 Å². The van der Waals surface area contributed by atoms with Gasteiger partial charge in [0.2, 0.25) is 10.0 Å². The SMILES string of the molecule is CN(Cc1ccc2ccccc2c1)C(=O)c1cc(S(=O)(=O)NC2CC2)ccc1Br. The van der Waals surface area contributed by atoms with Gasteiger partial charge in [0.05, 0.1) is 10.5 Å². The molecule has 0 radical (unpaired) electrons. The van der Waals surface area contributed by atoms with Crippen molar-refractivity contribution in [3.63, 3.8) is 0 Å². The summed E-state index contributed by atoms with van der Waals surface area (Å²) < 4.78 is 28.2. The molecule has 1 N–H and O–H groups in total. The van der Waals surface area contributed by atoms with Crippen molar-refractivity contribution in [2.75, 3.05) is 7.05 Å². The first-order chi connectivity index (χ1) is 13.8. The van der Waals surface area contributed by atoms with Gasteiger partial charge in [0.1, 0.15) is 0 Å². The number of hydrogen-bond donors (Lipinski definition) is 1. The lowest BCUT2D eigenvalue weighted by Gasteiger charge is -2.19. The molecule has 1 aliphatic rings. The van der Waals surface area contributed by atoms with Crippen LogP contribution in [0.2, 0.25) is 0 Å². The molecule has 3 aromatic rings. The number of rotatable bonds is 6. The third-order valence-electron chi connectivity index (χ3n) is 4.96. The molecule has 0 bridgehead atoms. The van der Waals surface area contributed by atoms with Crippen molar-refractivity contribution < 1.29 is 13.2 Å². The molecule has 1 fully saturated rings. The fourth-order valence-electron chi connectivity index (χ4n) is 3.21. The van der Waals surface area contributed by atoms with E-state index in [1.807, 2.05) is 36.4 Å². The molecule has 5 nitrogen and oxygen atoms in total. The van der Waals surface area contributed by atoms with E-state index in [9.17, 15) is 13.2 Å². The van der Waals surface area contributed by atoms with Gasteiger partial charge in [-0.2, -0.15) is 0 Å². The van der Waals surface area contributed by atoms with E-state index in [1.165, 1.54) is 12.1 Å². The van der Waals surface area contributed by atoms with E-state index in [1.54, 1.807) is 18.0 Å². The smallest absolute Gasteiger partial charge is 0.255 e. The van der Waals surface area contributed by atoms with Crippen LogP contribution in [0, 0.1) is 0 Å². The fraction of sp³-hybridized carbons (Fsp3) is 0.227. The van der Waals surface area contributed by atoms with Crippen molar-refractivity contribution in [2.24, 2.45) is 0 Å². The lowest BCUT2D eigenvalue weighted by Crippen LogP contribution is -2.28.